The van der Waals surface area contributed by atoms with Crippen molar-refractivity contribution in [3.8, 4) is 0 Å². The molecule has 2 aromatic rings. The maximum Gasteiger partial charge on any atom is 0.340 e. The number of nitrogen functional groups attached to an aromatic ring is 1. The first-order chi connectivity index (χ1) is 10.1. The highest BCUT2D eigenvalue weighted by molar-refractivity contribution is 5.96. The molecule has 0 radical (unpaired) electrons. The maximum absolute atomic E-state index is 14.2. The number of hydrogen-bond donors (Lipinski definition) is 1. The molecule has 5 nitrogen and oxygen atoms in total. The van der Waals surface area contributed by atoms with Gasteiger partial charge in [0.1, 0.15) is 11.6 Å². The van der Waals surface area contributed by atoms with Gasteiger partial charge in [-0.1, -0.05) is 0 Å². The Labute approximate surface area is 122 Å². The third-order valence-electron chi connectivity index (χ3n) is 3.17. The molecule has 0 atom stereocenters. The van der Waals surface area contributed by atoms with Crippen molar-refractivity contribution in [2.75, 3.05) is 24.3 Å². The number of halogens is 1. The van der Waals surface area contributed by atoms with Crippen molar-refractivity contribution in [3.63, 3.8) is 0 Å². The van der Waals surface area contributed by atoms with Crippen LogP contribution >= 0.6 is 0 Å². The fourth-order valence-electron chi connectivity index (χ4n) is 2.06. The smallest absolute Gasteiger partial charge is 0.340 e. The van der Waals surface area contributed by atoms with Crippen LogP contribution in [-0.2, 0) is 11.3 Å². The van der Waals surface area contributed by atoms with E-state index in [1.165, 1.54) is 13.2 Å². The van der Waals surface area contributed by atoms with E-state index >= 15 is 0 Å². The van der Waals surface area contributed by atoms with E-state index in [0.29, 0.717) is 18.8 Å². The largest absolute Gasteiger partial charge is 0.467 e. The molecule has 0 saturated heterocycles. The highest BCUT2D eigenvalue weighted by atomic mass is 19.1. The van der Waals surface area contributed by atoms with Gasteiger partial charge < -0.3 is 19.8 Å². The summed E-state index contributed by atoms with van der Waals surface area (Å²) in [6.07, 6.45) is 1.56. The number of nitrogens with zero attached hydrogens (tertiary/aromatic N) is 1. The number of ether oxygens (including phenoxy) is 1. The quantitative estimate of drug-likeness (QED) is 0.678. The van der Waals surface area contributed by atoms with Crippen LogP contribution in [-0.4, -0.2) is 19.6 Å². The average Bonchev–Trinajstić information content (AvgIpc) is 2.97. The molecule has 0 aliphatic rings. The molecular formula is C15H17FN2O3. The fraction of sp³-hybridized carbons (Fsp3) is 0.267. The lowest BCUT2D eigenvalue weighted by Gasteiger charge is -2.23. The molecule has 1 aromatic carbocycles. The molecule has 21 heavy (non-hydrogen) atoms. The van der Waals surface area contributed by atoms with Crippen LogP contribution < -0.4 is 10.6 Å². The van der Waals surface area contributed by atoms with Crippen molar-refractivity contribution in [2.45, 2.75) is 13.5 Å². The lowest BCUT2D eigenvalue weighted by atomic mass is 10.1. The topological polar surface area (TPSA) is 68.7 Å². The van der Waals surface area contributed by atoms with Crippen molar-refractivity contribution in [2.24, 2.45) is 0 Å². The van der Waals surface area contributed by atoms with E-state index in [0.717, 1.165) is 6.07 Å². The normalized spacial score (nSPS) is 10.4. The zero-order valence-electron chi connectivity index (χ0n) is 11.9. The molecule has 0 aliphatic carbocycles. The van der Waals surface area contributed by atoms with E-state index in [1.807, 2.05) is 6.92 Å². The van der Waals surface area contributed by atoms with Gasteiger partial charge in [-0.15, -0.1) is 0 Å². The maximum atomic E-state index is 14.2. The summed E-state index contributed by atoms with van der Waals surface area (Å²) in [5, 5.41) is 0. The minimum absolute atomic E-state index is 0.0529. The molecule has 1 aromatic heterocycles. The molecule has 0 saturated carbocycles. The van der Waals surface area contributed by atoms with E-state index in [9.17, 15) is 9.18 Å². The van der Waals surface area contributed by atoms with Gasteiger partial charge >= 0.3 is 5.97 Å². The Hall–Kier alpha value is -2.50. The molecule has 0 spiro atoms. The summed E-state index contributed by atoms with van der Waals surface area (Å²) in [5.74, 6) is -0.385. The summed E-state index contributed by atoms with van der Waals surface area (Å²) in [6, 6.07) is 6.11. The number of anilines is 2. The lowest BCUT2D eigenvalue weighted by molar-refractivity contribution is 0.0602. The Balaban J connectivity index is 2.38. The van der Waals surface area contributed by atoms with Crippen LogP contribution in [0.2, 0.25) is 0 Å². The molecule has 0 unspecified atom stereocenters. The van der Waals surface area contributed by atoms with Gasteiger partial charge in [0.2, 0.25) is 0 Å². The van der Waals surface area contributed by atoms with Gasteiger partial charge in [-0.05, 0) is 31.2 Å². The van der Waals surface area contributed by atoms with E-state index in [1.54, 1.807) is 23.3 Å². The van der Waals surface area contributed by atoms with Crippen molar-refractivity contribution < 1.29 is 18.3 Å². The van der Waals surface area contributed by atoms with Gasteiger partial charge in [0.05, 0.1) is 31.2 Å². The number of carbonyl (C=O) groups is 1. The monoisotopic (exact) mass is 292 g/mol. The van der Waals surface area contributed by atoms with Crippen LogP contribution in [0.3, 0.4) is 0 Å². The molecule has 0 amide bonds. The molecule has 1 heterocycles. The third kappa shape index (κ3) is 3.16. The summed E-state index contributed by atoms with van der Waals surface area (Å²) in [5.41, 5.74) is 6.15. The Bertz CT molecular complexity index is 626. The second kappa shape index (κ2) is 6.30. The summed E-state index contributed by atoms with van der Waals surface area (Å²) < 4.78 is 24.1. The summed E-state index contributed by atoms with van der Waals surface area (Å²) in [4.78, 5) is 13.4. The van der Waals surface area contributed by atoms with Gasteiger partial charge in [-0.2, -0.15) is 0 Å². The van der Waals surface area contributed by atoms with Crippen LogP contribution in [0, 0.1) is 5.82 Å². The molecule has 6 heteroatoms. The van der Waals surface area contributed by atoms with Gasteiger partial charge in [0, 0.05) is 12.2 Å². The number of benzene rings is 1. The molecular weight excluding hydrogens is 275 g/mol. The van der Waals surface area contributed by atoms with Crippen molar-refractivity contribution >= 4 is 17.3 Å². The second-order valence-corrected chi connectivity index (χ2v) is 4.48. The van der Waals surface area contributed by atoms with Crippen LogP contribution in [0.4, 0.5) is 15.8 Å². The number of furan rings is 1. The van der Waals surface area contributed by atoms with Gasteiger partial charge in [0.25, 0.3) is 0 Å². The number of carbonyl (C=O) groups excluding carboxylic acids is 1. The first kappa shape index (κ1) is 14.9. The van der Waals surface area contributed by atoms with Gasteiger partial charge in [-0.25, -0.2) is 9.18 Å². The van der Waals surface area contributed by atoms with Gasteiger partial charge in [0.15, 0.2) is 0 Å². The van der Waals surface area contributed by atoms with Crippen molar-refractivity contribution in [1.82, 2.24) is 0 Å². The van der Waals surface area contributed by atoms with Crippen molar-refractivity contribution in [3.05, 3.63) is 47.7 Å². The van der Waals surface area contributed by atoms with E-state index in [2.05, 4.69) is 4.74 Å². The van der Waals surface area contributed by atoms with E-state index in [4.69, 9.17) is 10.2 Å². The van der Waals surface area contributed by atoms with E-state index in [-0.39, 0.29) is 16.9 Å². The summed E-state index contributed by atoms with van der Waals surface area (Å²) in [7, 11) is 1.26. The van der Waals surface area contributed by atoms with Crippen LogP contribution in [0.5, 0.6) is 0 Å². The second-order valence-electron chi connectivity index (χ2n) is 4.48. The number of rotatable bonds is 5. The fourth-order valence-corrected chi connectivity index (χ4v) is 2.06. The highest BCUT2D eigenvalue weighted by Gasteiger charge is 2.18. The Kier molecular flexibility index (Phi) is 4.47. The van der Waals surface area contributed by atoms with Crippen LogP contribution in [0.15, 0.2) is 34.9 Å². The Morgan fingerprint density at radius 1 is 1.48 bits per heavy atom. The first-order valence-corrected chi connectivity index (χ1v) is 6.51. The molecule has 0 aliphatic heterocycles. The highest BCUT2D eigenvalue weighted by Crippen LogP contribution is 2.27. The SMILES string of the molecule is CCN(Cc1ccco1)c1cc(C(=O)OC)c(N)cc1F. The number of nitrogens with two attached hydrogens (primary N) is 1. The predicted molar refractivity (Wildman–Crippen MR) is 77.6 cm³/mol. The molecule has 0 fully saturated rings. The van der Waals surface area contributed by atoms with Gasteiger partial charge in [-0.3, -0.25) is 0 Å². The minimum atomic E-state index is -0.595. The molecule has 112 valence electrons. The molecule has 2 rings (SSSR count). The van der Waals surface area contributed by atoms with E-state index < -0.39 is 11.8 Å². The predicted octanol–water partition coefficient (Wildman–Crippen LogP) is 2.81. The minimum Gasteiger partial charge on any atom is -0.467 e. The van der Waals surface area contributed by atoms with Crippen molar-refractivity contribution in [1.29, 1.82) is 0 Å². The average molecular weight is 292 g/mol. The number of hydrogen-bond acceptors (Lipinski definition) is 5. The molecule has 0 bridgehead atoms. The summed E-state index contributed by atoms with van der Waals surface area (Å²) >= 11 is 0. The zero-order valence-corrected chi connectivity index (χ0v) is 11.9. The van der Waals surface area contributed by atoms with Crippen LogP contribution in [0.25, 0.3) is 0 Å². The van der Waals surface area contributed by atoms with Crippen LogP contribution in [0.1, 0.15) is 23.0 Å². The number of methoxy groups -OCH3 is 1. The number of esters is 1. The lowest BCUT2D eigenvalue weighted by Crippen LogP contribution is -2.23. The Morgan fingerprint density at radius 2 is 2.24 bits per heavy atom. The zero-order chi connectivity index (χ0) is 15.4. The standard InChI is InChI=1S/C15H17FN2O3/c1-3-18(9-10-5-4-6-21-10)14-7-11(15(19)20-2)13(17)8-12(14)16/h4-8H,3,9,17H2,1-2H3. The Morgan fingerprint density at radius 3 is 2.81 bits per heavy atom. The first-order valence-electron chi connectivity index (χ1n) is 6.51. The summed E-state index contributed by atoms with van der Waals surface area (Å²) in [6.45, 7) is 2.82. The third-order valence-corrected chi connectivity index (χ3v) is 3.17. The molecule has 2 N–H and O–H groups in total.